The summed E-state index contributed by atoms with van der Waals surface area (Å²) in [4.78, 5) is 41.7. The molecular formula is C23H25N4O4. The van der Waals surface area contributed by atoms with Crippen LogP contribution in [-0.2, 0) is 20.9 Å². The summed E-state index contributed by atoms with van der Waals surface area (Å²) in [6.45, 7) is 0.870. The number of aromatic nitrogens is 2. The molecule has 2 aromatic carbocycles. The Morgan fingerprint density at radius 3 is 2.65 bits per heavy atom. The molecule has 2 unspecified atom stereocenters. The molecule has 1 fully saturated rings. The quantitative estimate of drug-likeness (QED) is 0.567. The first kappa shape index (κ1) is 20.9. The van der Waals surface area contributed by atoms with Crippen LogP contribution in [0.2, 0.25) is 0 Å². The second-order valence-electron chi connectivity index (χ2n) is 7.65. The van der Waals surface area contributed by atoms with Gasteiger partial charge in [0.2, 0.25) is 11.8 Å². The van der Waals surface area contributed by atoms with Crippen LogP contribution in [0.5, 0.6) is 0 Å². The third-order valence-electron chi connectivity index (χ3n) is 5.66. The maximum absolute atomic E-state index is 12.7. The van der Waals surface area contributed by atoms with E-state index in [4.69, 9.17) is 10.5 Å². The number of hydrogen-bond acceptors (Lipinski definition) is 4. The van der Waals surface area contributed by atoms with Crippen LogP contribution in [0.3, 0.4) is 0 Å². The molecule has 4 rings (SSSR count). The molecule has 0 saturated carbocycles. The van der Waals surface area contributed by atoms with Crippen molar-refractivity contribution in [2.45, 2.75) is 31.5 Å². The first-order valence-electron chi connectivity index (χ1n) is 10.3. The van der Waals surface area contributed by atoms with Crippen LogP contribution in [0.25, 0.3) is 11.0 Å². The number of fused-ring (bicyclic) bond motifs is 1. The standard InChI is InChI=1S/C23H25N4O4/c24-22(29)20-14-17(27-19-9-5-4-8-18(19)25-23(27)30)10-12-26(20)21(28)11-13-31-15-16-6-2-1-3-7-16/h1-9,11,17,20H,10,12-15H2,(H2,24,29)(H,25,30). The molecule has 1 aliphatic heterocycles. The number of nitrogens with two attached hydrogens (primary N) is 1. The Hall–Kier alpha value is -3.39. The number of carbonyl (C=O) groups excluding carboxylic acids is 2. The summed E-state index contributed by atoms with van der Waals surface area (Å²) < 4.78 is 7.22. The molecule has 0 aliphatic carbocycles. The van der Waals surface area contributed by atoms with Crippen molar-refractivity contribution in [1.29, 1.82) is 0 Å². The highest BCUT2D eigenvalue weighted by Gasteiger charge is 2.36. The van der Waals surface area contributed by atoms with Crippen LogP contribution in [0, 0.1) is 6.42 Å². The predicted molar refractivity (Wildman–Crippen MR) is 116 cm³/mol. The Bertz CT molecular complexity index is 1120. The van der Waals surface area contributed by atoms with Crippen molar-refractivity contribution in [2.75, 3.05) is 13.2 Å². The summed E-state index contributed by atoms with van der Waals surface area (Å²) >= 11 is 0. The summed E-state index contributed by atoms with van der Waals surface area (Å²) in [6.07, 6.45) is 2.27. The number of nitrogens with one attached hydrogen (secondary N) is 1. The van der Waals surface area contributed by atoms with Crippen LogP contribution >= 0.6 is 0 Å². The van der Waals surface area contributed by atoms with Crippen LogP contribution in [0.15, 0.2) is 59.4 Å². The first-order valence-corrected chi connectivity index (χ1v) is 10.3. The molecule has 1 aromatic heterocycles. The van der Waals surface area contributed by atoms with Gasteiger partial charge in [-0.25, -0.2) is 4.79 Å². The van der Waals surface area contributed by atoms with E-state index in [0.29, 0.717) is 26.0 Å². The van der Waals surface area contributed by atoms with E-state index >= 15 is 0 Å². The minimum atomic E-state index is -0.780. The Morgan fingerprint density at radius 2 is 1.87 bits per heavy atom. The topological polar surface area (TPSA) is 110 Å². The van der Waals surface area contributed by atoms with Crippen molar-refractivity contribution in [1.82, 2.24) is 14.5 Å². The van der Waals surface area contributed by atoms with Gasteiger partial charge in [0.05, 0.1) is 30.7 Å². The van der Waals surface area contributed by atoms with E-state index in [2.05, 4.69) is 4.98 Å². The summed E-state index contributed by atoms with van der Waals surface area (Å²) in [5, 5.41) is 0. The molecule has 1 aliphatic rings. The molecule has 0 bridgehead atoms. The number of para-hydroxylation sites is 2. The van der Waals surface area contributed by atoms with Gasteiger partial charge in [0.1, 0.15) is 6.04 Å². The lowest BCUT2D eigenvalue weighted by atomic mass is 9.95. The number of likely N-dealkylation sites (tertiary alicyclic amines) is 1. The maximum atomic E-state index is 12.7. The number of H-pyrrole nitrogens is 1. The number of benzene rings is 2. The molecule has 0 spiro atoms. The molecule has 31 heavy (non-hydrogen) atoms. The molecule has 1 radical (unpaired) electrons. The van der Waals surface area contributed by atoms with Crippen LogP contribution in [0.4, 0.5) is 0 Å². The minimum absolute atomic E-state index is 0.140. The Kier molecular flexibility index (Phi) is 6.18. The van der Waals surface area contributed by atoms with Gasteiger partial charge in [-0.2, -0.15) is 0 Å². The van der Waals surface area contributed by atoms with Crippen molar-refractivity contribution in [2.24, 2.45) is 5.73 Å². The minimum Gasteiger partial charge on any atom is -0.376 e. The molecule has 8 heteroatoms. The van der Waals surface area contributed by atoms with Gasteiger partial charge in [-0.15, -0.1) is 0 Å². The summed E-state index contributed by atoms with van der Waals surface area (Å²) in [5.41, 5.74) is 7.93. The largest absolute Gasteiger partial charge is 0.376 e. The third-order valence-corrected chi connectivity index (χ3v) is 5.66. The smallest absolute Gasteiger partial charge is 0.326 e. The van der Waals surface area contributed by atoms with Gasteiger partial charge in [-0.1, -0.05) is 42.5 Å². The van der Waals surface area contributed by atoms with E-state index in [0.717, 1.165) is 16.6 Å². The highest BCUT2D eigenvalue weighted by atomic mass is 16.5. The molecular weight excluding hydrogens is 396 g/mol. The number of ether oxygens (including phenoxy) is 1. The lowest BCUT2D eigenvalue weighted by Gasteiger charge is -2.38. The Morgan fingerprint density at radius 1 is 1.13 bits per heavy atom. The number of rotatable bonds is 7. The number of imidazole rings is 1. The fourth-order valence-electron chi connectivity index (χ4n) is 4.15. The second kappa shape index (κ2) is 9.18. The van der Waals surface area contributed by atoms with E-state index in [1.54, 1.807) is 4.57 Å². The number of piperidine rings is 1. The highest BCUT2D eigenvalue weighted by Crippen LogP contribution is 2.29. The highest BCUT2D eigenvalue weighted by molar-refractivity contribution is 5.91. The SMILES string of the molecule is NC(=O)C1CC(n2c(=O)[nH]c3ccccc32)CCN1C(=O)[CH]COCc1ccccc1. The fraction of sp³-hybridized carbons (Fsp3) is 0.304. The molecule has 3 aromatic rings. The predicted octanol–water partition coefficient (Wildman–Crippen LogP) is 1.77. The number of amides is 2. The van der Waals surface area contributed by atoms with Crippen LogP contribution in [0.1, 0.15) is 24.4 Å². The average molecular weight is 421 g/mol. The summed E-state index contributed by atoms with van der Waals surface area (Å²) in [7, 11) is 0. The van der Waals surface area contributed by atoms with Gasteiger partial charge in [0.25, 0.3) is 0 Å². The monoisotopic (exact) mass is 421 g/mol. The maximum Gasteiger partial charge on any atom is 0.326 e. The molecule has 8 nitrogen and oxygen atoms in total. The van der Waals surface area contributed by atoms with E-state index in [-0.39, 0.29) is 24.2 Å². The van der Waals surface area contributed by atoms with E-state index < -0.39 is 11.9 Å². The van der Waals surface area contributed by atoms with Crippen molar-refractivity contribution in [3.8, 4) is 0 Å². The normalized spacial score (nSPS) is 18.9. The van der Waals surface area contributed by atoms with Gasteiger partial charge in [-0.3, -0.25) is 14.2 Å². The van der Waals surface area contributed by atoms with E-state index in [9.17, 15) is 14.4 Å². The van der Waals surface area contributed by atoms with E-state index in [1.807, 2.05) is 54.6 Å². The lowest BCUT2D eigenvalue weighted by Crippen LogP contribution is -2.53. The van der Waals surface area contributed by atoms with Crippen LogP contribution < -0.4 is 11.4 Å². The zero-order valence-electron chi connectivity index (χ0n) is 17.1. The van der Waals surface area contributed by atoms with E-state index in [1.165, 1.54) is 11.3 Å². The first-order chi connectivity index (χ1) is 15.0. The molecule has 2 amide bonds. The molecule has 2 heterocycles. The van der Waals surface area contributed by atoms with Crippen molar-refractivity contribution < 1.29 is 14.3 Å². The molecule has 1 saturated heterocycles. The number of carbonyl (C=O) groups is 2. The van der Waals surface area contributed by atoms with Gasteiger partial charge in [-0.05, 0) is 30.5 Å². The zero-order valence-corrected chi connectivity index (χ0v) is 17.1. The fourth-order valence-corrected chi connectivity index (χ4v) is 4.15. The number of nitrogens with zero attached hydrogens (tertiary/aromatic N) is 2. The van der Waals surface area contributed by atoms with Crippen LogP contribution in [-0.4, -0.2) is 45.5 Å². The average Bonchev–Trinajstić information content (AvgIpc) is 3.12. The third kappa shape index (κ3) is 4.54. The molecule has 2 atom stereocenters. The van der Waals surface area contributed by atoms with Gasteiger partial charge in [0, 0.05) is 12.6 Å². The molecule has 161 valence electrons. The Balaban J connectivity index is 1.40. The number of primary amides is 1. The van der Waals surface area contributed by atoms with Crippen molar-refractivity contribution in [3.63, 3.8) is 0 Å². The number of aromatic amines is 1. The zero-order chi connectivity index (χ0) is 21.8. The van der Waals surface area contributed by atoms with Gasteiger partial charge >= 0.3 is 5.69 Å². The molecule has 3 N–H and O–H groups in total. The van der Waals surface area contributed by atoms with Crippen molar-refractivity contribution in [3.05, 3.63) is 77.1 Å². The summed E-state index contributed by atoms with van der Waals surface area (Å²) in [6, 6.07) is 16.1. The Labute approximate surface area is 179 Å². The van der Waals surface area contributed by atoms with Gasteiger partial charge < -0.3 is 20.4 Å². The summed E-state index contributed by atoms with van der Waals surface area (Å²) in [5.74, 6) is -0.869. The van der Waals surface area contributed by atoms with Crippen molar-refractivity contribution >= 4 is 22.8 Å². The van der Waals surface area contributed by atoms with Gasteiger partial charge in [0.15, 0.2) is 0 Å². The second-order valence-corrected chi connectivity index (χ2v) is 7.65. The lowest BCUT2D eigenvalue weighted by molar-refractivity contribution is -0.139. The number of hydrogen-bond donors (Lipinski definition) is 2.